The van der Waals surface area contributed by atoms with E-state index in [4.69, 9.17) is 4.74 Å². The number of carbonyl (C=O) groups excluding carboxylic acids is 1. The molecule has 2 rings (SSSR count). The van der Waals surface area contributed by atoms with Gasteiger partial charge in [0.15, 0.2) is 5.78 Å². The van der Waals surface area contributed by atoms with E-state index in [1.165, 1.54) is 0 Å². The quantitative estimate of drug-likeness (QED) is 0.837. The molecule has 3 nitrogen and oxygen atoms in total. The SMILES string of the molecule is CC(O)COc1ccccc1C(=O)c1ccccc1. The number of hydrogen-bond acceptors (Lipinski definition) is 3. The molecule has 1 atom stereocenters. The minimum absolute atomic E-state index is 0.0817. The van der Waals surface area contributed by atoms with Crippen molar-refractivity contribution in [3.05, 3.63) is 65.7 Å². The highest BCUT2D eigenvalue weighted by Crippen LogP contribution is 2.21. The third-order valence-electron chi connectivity index (χ3n) is 2.65. The van der Waals surface area contributed by atoms with Gasteiger partial charge in [0.1, 0.15) is 12.4 Å². The van der Waals surface area contributed by atoms with Gasteiger partial charge in [-0.15, -0.1) is 0 Å². The Bertz CT molecular complexity index is 547. The highest BCUT2D eigenvalue weighted by molar-refractivity contribution is 6.10. The first-order chi connectivity index (χ1) is 9.18. The number of rotatable bonds is 5. The second kappa shape index (κ2) is 6.16. The first-order valence-electron chi connectivity index (χ1n) is 6.18. The molecule has 0 saturated heterocycles. The Labute approximate surface area is 112 Å². The number of para-hydroxylation sites is 1. The molecule has 0 heterocycles. The summed E-state index contributed by atoms with van der Waals surface area (Å²) in [5.41, 5.74) is 1.13. The first-order valence-corrected chi connectivity index (χ1v) is 6.18. The molecule has 19 heavy (non-hydrogen) atoms. The van der Waals surface area contributed by atoms with E-state index >= 15 is 0 Å². The van der Waals surface area contributed by atoms with Crippen LogP contribution in [-0.4, -0.2) is 23.6 Å². The third-order valence-corrected chi connectivity index (χ3v) is 2.65. The van der Waals surface area contributed by atoms with Crippen LogP contribution in [-0.2, 0) is 0 Å². The molecule has 2 aromatic rings. The molecule has 0 radical (unpaired) electrons. The minimum atomic E-state index is -0.570. The minimum Gasteiger partial charge on any atom is -0.490 e. The summed E-state index contributed by atoms with van der Waals surface area (Å²) in [5, 5.41) is 9.25. The van der Waals surface area contributed by atoms with Crippen LogP contribution >= 0.6 is 0 Å². The Morgan fingerprint density at radius 3 is 2.42 bits per heavy atom. The Balaban J connectivity index is 2.27. The zero-order valence-corrected chi connectivity index (χ0v) is 10.7. The maximum absolute atomic E-state index is 12.4. The van der Waals surface area contributed by atoms with Crippen molar-refractivity contribution < 1.29 is 14.6 Å². The van der Waals surface area contributed by atoms with Gasteiger partial charge in [0.05, 0.1) is 11.7 Å². The summed E-state index contributed by atoms with van der Waals surface area (Å²) in [6.45, 7) is 1.81. The van der Waals surface area contributed by atoms with Gasteiger partial charge in [-0.2, -0.15) is 0 Å². The van der Waals surface area contributed by atoms with Crippen LogP contribution in [0.1, 0.15) is 22.8 Å². The van der Waals surface area contributed by atoms with Crippen LogP contribution in [0.2, 0.25) is 0 Å². The molecule has 0 aromatic heterocycles. The van der Waals surface area contributed by atoms with Gasteiger partial charge in [-0.3, -0.25) is 4.79 Å². The zero-order chi connectivity index (χ0) is 13.7. The number of aliphatic hydroxyl groups is 1. The van der Waals surface area contributed by atoms with Crippen molar-refractivity contribution in [1.82, 2.24) is 0 Å². The molecular weight excluding hydrogens is 240 g/mol. The number of aliphatic hydroxyl groups excluding tert-OH is 1. The van der Waals surface area contributed by atoms with Crippen LogP contribution < -0.4 is 4.74 Å². The Morgan fingerprint density at radius 1 is 1.11 bits per heavy atom. The molecule has 0 aliphatic heterocycles. The van der Waals surface area contributed by atoms with Crippen LogP contribution in [0.25, 0.3) is 0 Å². The largest absolute Gasteiger partial charge is 0.490 e. The van der Waals surface area contributed by atoms with Gasteiger partial charge in [-0.25, -0.2) is 0 Å². The molecule has 3 heteroatoms. The van der Waals surface area contributed by atoms with Crippen molar-refractivity contribution in [2.24, 2.45) is 0 Å². The predicted molar refractivity (Wildman–Crippen MR) is 73.5 cm³/mol. The van der Waals surface area contributed by atoms with Crippen molar-refractivity contribution >= 4 is 5.78 Å². The lowest BCUT2D eigenvalue weighted by Crippen LogP contribution is -2.14. The number of ether oxygens (including phenoxy) is 1. The maximum atomic E-state index is 12.4. The summed E-state index contributed by atoms with van der Waals surface area (Å²) in [6, 6.07) is 16.1. The molecule has 1 N–H and O–H groups in total. The highest BCUT2D eigenvalue weighted by atomic mass is 16.5. The molecule has 0 amide bonds. The molecule has 0 aliphatic carbocycles. The molecule has 2 aromatic carbocycles. The maximum Gasteiger partial charge on any atom is 0.196 e. The average molecular weight is 256 g/mol. The number of benzene rings is 2. The number of carbonyl (C=O) groups is 1. The lowest BCUT2D eigenvalue weighted by Gasteiger charge is -2.12. The van der Waals surface area contributed by atoms with Crippen LogP contribution in [0.15, 0.2) is 54.6 Å². The van der Waals surface area contributed by atoms with E-state index in [0.29, 0.717) is 16.9 Å². The molecular formula is C16H16O3. The highest BCUT2D eigenvalue weighted by Gasteiger charge is 2.14. The van der Waals surface area contributed by atoms with Gasteiger partial charge in [0.2, 0.25) is 0 Å². The van der Waals surface area contributed by atoms with Gasteiger partial charge in [-0.1, -0.05) is 42.5 Å². The van der Waals surface area contributed by atoms with E-state index in [2.05, 4.69) is 0 Å². The van der Waals surface area contributed by atoms with Crippen molar-refractivity contribution in [3.63, 3.8) is 0 Å². The molecule has 0 saturated carbocycles. The first kappa shape index (κ1) is 13.3. The molecule has 1 unspecified atom stereocenters. The van der Waals surface area contributed by atoms with Gasteiger partial charge >= 0.3 is 0 Å². The second-order valence-electron chi connectivity index (χ2n) is 4.35. The van der Waals surface area contributed by atoms with Crippen LogP contribution in [0.4, 0.5) is 0 Å². The molecule has 0 aliphatic rings. The molecule has 0 spiro atoms. The number of ketones is 1. The standard InChI is InChI=1S/C16H16O3/c1-12(17)11-19-15-10-6-5-9-14(15)16(18)13-7-3-2-4-8-13/h2-10,12,17H,11H2,1H3. The van der Waals surface area contributed by atoms with Crippen molar-refractivity contribution in [2.45, 2.75) is 13.0 Å². The summed E-state index contributed by atoms with van der Waals surface area (Å²) < 4.78 is 5.47. The van der Waals surface area contributed by atoms with E-state index < -0.39 is 6.10 Å². The van der Waals surface area contributed by atoms with Gasteiger partial charge < -0.3 is 9.84 Å². The molecule has 0 bridgehead atoms. The van der Waals surface area contributed by atoms with E-state index in [9.17, 15) is 9.90 Å². The summed E-state index contributed by atoms with van der Waals surface area (Å²) in [6.07, 6.45) is -0.570. The van der Waals surface area contributed by atoms with E-state index in [1.54, 1.807) is 43.3 Å². The summed E-state index contributed by atoms with van der Waals surface area (Å²) in [4.78, 5) is 12.4. The van der Waals surface area contributed by atoms with Gasteiger partial charge in [-0.05, 0) is 19.1 Å². The Morgan fingerprint density at radius 2 is 1.74 bits per heavy atom. The lowest BCUT2D eigenvalue weighted by molar-refractivity contribution is 0.102. The monoisotopic (exact) mass is 256 g/mol. The zero-order valence-electron chi connectivity index (χ0n) is 10.7. The van der Waals surface area contributed by atoms with E-state index in [1.807, 2.05) is 18.2 Å². The topological polar surface area (TPSA) is 46.5 Å². The van der Waals surface area contributed by atoms with E-state index in [0.717, 1.165) is 0 Å². The molecule has 0 fully saturated rings. The van der Waals surface area contributed by atoms with Crippen LogP contribution in [0.3, 0.4) is 0 Å². The van der Waals surface area contributed by atoms with Gasteiger partial charge in [0, 0.05) is 5.56 Å². The fourth-order valence-corrected chi connectivity index (χ4v) is 1.74. The lowest BCUT2D eigenvalue weighted by atomic mass is 10.0. The molecule has 98 valence electrons. The third kappa shape index (κ3) is 3.42. The predicted octanol–water partition coefficient (Wildman–Crippen LogP) is 2.68. The Hall–Kier alpha value is -2.13. The number of hydrogen-bond donors (Lipinski definition) is 1. The summed E-state index contributed by atoms with van der Waals surface area (Å²) >= 11 is 0. The van der Waals surface area contributed by atoms with Crippen molar-refractivity contribution in [1.29, 1.82) is 0 Å². The van der Waals surface area contributed by atoms with Crippen LogP contribution in [0.5, 0.6) is 5.75 Å². The fourth-order valence-electron chi connectivity index (χ4n) is 1.74. The summed E-state index contributed by atoms with van der Waals surface area (Å²) in [7, 11) is 0. The average Bonchev–Trinajstić information content (AvgIpc) is 2.45. The van der Waals surface area contributed by atoms with E-state index in [-0.39, 0.29) is 12.4 Å². The normalized spacial score (nSPS) is 11.9. The van der Waals surface area contributed by atoms with Crippen molar-refractivity contribution in [3.8, 4) is 5.75 Å². The summed E-state index contributed by atoms with van der Waals surface area (Å²) in [5.74, 6) is 0.416. The smallest absolute Gasteiger partial charge is 0.196 e. The van der Waals surface area contributed by atoms with Crippen LogP contribution in [0, 0.1) is 0 Å². The second-order valence-corrected chi connectivity index (χ2v) is 4.35. The van der Waals surface area contributed by atoms with Gasteiger partial charge in [0.25, 0.3) is 0 Å². The Kier molecular flexibility index (Phi) is 4.31. The van der Waals surface area contributed by atoms with Crippen molar-refractivity contribution in [2.75, 3.05) is 6.61 Å². The fraction of sp³-hybridized carbons (Fsp3) is 0.188.